The molecule has 2 saturated heterocycles. The molecule has 7 heteroatoms. The zero-order valence-electron chi connectivity index (χ0n) is 18.6. The van der Waals surface area contributed by atoms with E-state index in [1.807, 2.05) is 11.8 Å². The molecule has 2 aliphatic rings. The zero-order chi connectivity index (χ0) is 20.5. The normalized spacial score (nSPS) is 24.0. The van der Waals surface area contributed by atoms with Crippen molar-refractivity contribution in [3.63, 3.8) is 0 Å². The maximum Gasteiger partial charge on any atom is 0.191 e. The van der Waals surface area contributed by atoms with Crippen LogP contribution in [-0.4, -0.2) is 56.4 Å². The Balaban J connectivity index is 0.00000320. The van der Waals surface area contributed by atoms with E-state index in [9.17, 15) is 0 Å². The van der Waals surface area contributed by atoms with Gasteiger partial charge in [-0.3, -0.25) is 4.99 Å². The van der Waals surface area contributed by atoms with Crippen molar-refractivity contribution in [2.24, 2.45) is 10.9 Å². The fourth-order valence-electron chi connectivity index (χ4n) is 4.14. The first-order chi connectivity index (χ1) is 14.2. The smallest absolute Gasteiger partial charge is 0.191 e. The minimum Gasteiger partial charge on any atom is -0.381 e. The number of thioether (sulfide) groups is 1. The van der Waals surface area contributed by atoms with E-state index in [1.54, 1.807) is 0 Å². The van der Waals surface area contributed by atoms with Crippen molar-refractivity contribution in [3.05, 3.63) is 35.4 Å². The lowest BCUT2D eigenvalue weighted by molar-refractivity contribution is -0.0265. The van der Waals surface area contributed by atoms with E-state index in [-0.39, 0.29) is 34.8 Å². The monoisotopic (exact) mass is 547 g/mol. The third kappa shape index (κ3) is 7.28. The molecule has 0 aliphatic carbocycles. The largest absolute Gasteiger partial charge is 0.381 e. The number of guanidine groups is 1. The molecule has 170 valence electrons. The molecule has 0 bridgehead atoms. The molecule has 2 fully saturated rings. The highest BCUT2D eigenvalue weighted by molar-refractivity contribution is 14.0. The van der Waals surface area contributed by atoms with Crippen molar-refractivity contribution in [2.45, 2.75) is 50.4 Å². The summed E-state index contributed by atoms with van der Waals surface area (Å²) in [6.45, 7) is 9.36. The highest BCUT2D eigenvalue weighted by Crippen LogP contribution is 2.35. The number of aryl methyl sites for hydroxylation is 1. The van der Waals surface area contributed by atoms with Gasteiger partial charge >= 0.3 is 0 Å². The van der Waals surface area contributed by atoms with Gasteiger partial charge in [-0.2, -0.15) is 11.8 Å². The second-order valence-corrected chi connectivity index (χ2v) is 9.45. The van der Waals surface area contributed by atoms with Crippen molar-refractivity contribution < 1.29 is 9.47 Å². The lowest BCUT2D eigenvalue weighted by Gasteiger charge is -2.35. The minimum atomic E-state index is 0. The Morgan fingerprint density at radius 1 is 1.17 bits per heavy atom. The van der Waals surface area contributed by atoms with Crippen molar-refractivity contribution >= 4 is 41.7 Å². The van der Waals surface area contributed by atoms with E-state index in [1.165, 1.54) is 17.5 Å². The molecule has 3 rings (SSSR count). The van der Waals surface area contributed by atoms with Crippen LogP contribution in [0.5, 0.6) is 0 Å². The minimum absolute atomic E-state index is 0. The Hall–Kier alpha value is -0.510. The molecular weight excluding hydrogens is 509 g/mol. The van der Waals surface area contributed by atoms with Gasteiger partial charge < -0.3 is 20.1 Å². The third-order valence-electron chi connectivity index (χ3n) is 6.09. The highest BCUT2D eigenvalue weighted by atomic mass is 127. The van der Waals surface area contributed by atoms with Gasteiger partial charge in [-0.25, -0.2) is 0 Å². The molecular formula is C23H38IN3O2S. The zero-order valence-corrected chi connectivity index (χ0v) is 21.8. The summed E-state index contributed by atoms with van der Waals surface area (Å²) < 4.78 is 11.9. The average Bonchev–Trinajstić information content (AvgIpc) is 2.77. The van der Waals surface area contributed by atoms with Crippen LogP contribution >= 0.6 is 35.7 Å². The maximum atomic E-state index is 6.18. The number of rotatable bonds is 7. The van der Waals surface area contributed by atoms with Gasteiger partial charge in [0.2, 0.25) is 0 Å². The summed E-state index contributed by atoms with van der Waals surface area (Å²) >= 11 is 1.94. The molecule has 2 unspecified atom stereocenters. The first-order valence-electron chi connectivity index (χ1n) is 11.0. The predicted octanol–water partition coefficient (Wildman–Crippen LogP) is 4.55. The second-order valence-electron chi connectivity index (χ2n) is 8.18. The van der Waals surface area contributed by atoms with Crippen LogP contribution in [0.4, 0.5) is 0 Å². The van der Waals surface area contributed by atoms with E-state index < -0.39 is 0 Å². The molecule has 2 aliphatic heterocycles. The molecule has 2 atom stereocenters. The van der Waals surface area contributed by atoms with Gasteiger partial charge in [0, 0.05) is 43.6 Å². The molecule has 0 spiro atoms. The first kappa shape index (κ1) is 25.7. The second kappa shape index (κ2) is 13.1. The van der Waals surface area contributed by atoms with Gasteiger partial charge in [0.15, 0.2) is 5.96 Å². The summed E-state index contributed by atoms with van der Waals surface area (Å²) in [5.41, 5.74) is 2.57. The number of nitrogens with one attached hydrogen (secondary N) is 2. The molecule has 0 saturated carbocycles. The summed E-state index contributed by atoms with van der Waals surface area (Å²) in [6, 6.07) is 8.79. The van der Waals surface area contributed by atoms with Gasteiger partial charge in [-0.05, 0) is 51.3 Å². The molecule has 0 amide bonds. The number of benzene rings is 1. The summed E-state index contributed by atoms with van der Waals surface area (Å²) in [7, 11) is 0. The Labute approximate surface area is 203 Å². The number of halogens is 1. The van der Waals surface area contributed by atoms with Crippen LogP contribution in [0.25, 0.3) is 0 Å². The molecule has 0 radical (unpaired) electrons. The van der Waals surface area contributed by atoms with E-state index in [0.29, 0.717) is 5.92 Å². The molecule has 2 N–H and O–H groups in total. The first-order valence-corrected chi connectivity index (χ1v) is 12.2. The quantitative estimate of drug-likeness (QED) is 0.298. The molecule has 2 heterocycles. The van der Waals surface area contributed by atoms with Crippen molar-refractivity contribution in [1.29, 1.82) is 0 Å². The van der Waals surface area contributed by atoms with Crippen molar-refractivity contribution in [3.8, 4) is 0 Å². The maximum absolute atomic E-state index is 6.18. The van der Waals surface area contributed by atoms with E-state index in [0.717, 1.165) is 64.7 Å². The average molecular weight is 548 g/mol. The number of hydrogen-bond acceptors (Lipinski definition) is 4. The van der Waals surface area contributed by atoms with Crippen LogP contribution in [0.15, 0.2) is 29.3 Å². The molecule has 1 aromatic rings. The molecule has 30 heavy (non-hydrogen) atoms. The van der Waals surface area contributed by atoms with Gasteiger partial charge in [0.05, 0.1) is 12.6 Å². The van der Waals surface area contributed by atoms with E-state index in [4.69, 9.17) is 14.5 Å². The molecule has 5 nitrogen and oxygen atoms in total. The summed E-state index contributed by atoms with van der Waals surface area (Å²) in [4.78, 5) is 4.95. The molecule has 1 aromatic carbocycles. The Bertz CT molecular complexity index is 650. The fraction of sp³-hybridized carbons (Fsp3) is 0.696. The number of hydrogen-bond donors (Lipinski definition) is 2. The van der Waals surface area contributed by atoms with E-state index in [2.05, 4.69) is 55.0 Å². The van der Waals surface area contributed by atoms with Crippen molar-refractivity contribution in [2.75, 3.05) is 45.7 Å². The fourth-order valence-corrected chi connectivity index (χ4v) is 4.91. The number of ether oxygens (including phenoxy) is 2. The lowest BCUT2D eigenvalue weighted by Crippen LogP contribution is -2.43. The Kier molecular flexibility index (Phi) is 11.3. The van der Waals surface area contributed by atoms with Crippen molar-refractivity contribution in [1.82, 2.24) is 10.6 Å². The predicted molar refractivity (Wildman–Crippen MR) is 138 cm³/mol. The SMILES string of the molecule is CCNC(=NCC1(SC)CCOCC1)NCC1CCCOC1c1ccc(C)cc1.I. The molecule has 0 aromatic heterocycles. The van der Waals surface area contributed by atoms with Crippen LogP contribution in [0.1, 0.15) is 49.8 Å². The van der Waals surface area contributed by atoms with Gasteiger partial charge in [0.25, 0.3) is 0 Å². The van der Waals surface area contributed by atoms with E-state index >= 15 is 0 Å². The summed E-state index contributed by atoms with van der Waals surface area (Å²) in [5.74, 6) is 1.37. The number of aliphatic imine (C=N–C) groups is 1. The van der Waals surface area contributed by atoms with Crippen LogP contribution in [0.2, 0.25) is 0 Å². The van der Waals surface area contributed by atoms with Gasteiger partial charge in [0.1, 0.15) is 0 Å². The Morgan fingerprint density at radius 3 is 2.57 bits per heavy atom. The van der Waals surface area contributed by atoms with Gasteiger partial charge in [-0.15, -0.1) is 24.0 Å². The van der Waals surface area contributed by atoms with Crippen LogP contribution < -0.4 is 10.6 Å². The van der Waals surface area contributed by atoms with Crippen LogP contribution in [0, 0.1) is 12.8 Å². The third-order valence-corrected chi connectivity index (χ3v) is 7.49. The lowest BCUT2D eigenvalue weighted by atomic mass is 9.89. The van der Waals surface area contributed by atoms with Crippen LogP contribution in [-0.2, 0) is 9.47 Å². The highest BCUT2D eigenvalue weighted by Gasteiger charge is 2.32. The van der Waals surface area contributed by atoms with Crippen LogP contribution in [0.3, 0.4) is 0 Å². The summed E-state index contributed by atoms with van der Waals surface area (Å²) in [5, 5.41) is 7.02. The summed E-state index contributed by atoms with van der Waals surface area (Å²) in [6.07, 6.45) is 6.81. The topological polar surface area (TPSA) is 54.9 Å². The van der Waals surface area contributed by atoms with Gasteiger partial charge in [-0.1, -0.05) is 29.8 Å². The standard InChI is InChI=1S/C23H37N3O2S.HI/c1-4-24-22(26-17-23(29-3)11-14-27-15-12-23)25-16-20-6-5-13-28-21(20)19-9-7-18(2)8-10-19;/h7-10,20-21H,4-6,11-17H2,1-3H3,(H2,24,25,26);1H. The number of nitrogens with zero attached hydrogens (tertiary/aromatic N) is 1. The Morgan fingerprint density at radius 2 is 1.90 bits per heavy atom.